The van der Waals surface area contributed by atoms with E-state index in [0.717, 1.165) is 0 Å². The van der Waals surface area contributed by atoms with E-state index in [2.05, 4.69) is 0 Å². The molecule has 0 radical (unpaired) electrons. The molecule has 0 amide bonds. The Balaban J connectivity index is 4.31. The van der Waals surface area contributed by atoms with Crippen molar-refractivity contribution >= 4 is 0 Å². The zero-order valence-electron chi connectivity index (χ0n) is 5.23. The van der Waals surface area contributed by atoms with Crippen LogP contribution in [0.4, 0.5) is 0 Å². The van der Waals surface area contributed by atoms with Crippen molar-refractivity contribution in [3.8, 4) is 0 Å². The topological polar surface area (TPSA) is 104 Å². The summed E-state index contributed by atoms with van der Waals surface area (Å²) in [6, 6.07) is 0. The molecule has 3 N–H and O–H groups in total. The summed E-state index contributed by atoms with van der Waals surface area (Å²) in [6.45, 7) is -2.60. The van der Waals surface area contributed by atoms with Gasteiger partial charge in [-0.15, -0.1) is 0 Å². The molecule has 0 saturated carbocycles. The Morgan fingerprint density at radius 1 is 1.20 bits per heavy atom. The maximum Gasteiger partial charge on any atom is 0.289 e. The average molecular weight is 152 g/mol. The number of nitro groups is 1. The van der Waals surface area contributed by atoms with Gasteiger partial charge in [-0.3, -0.25) is 10.1 Å². The van der Waals surface area contributed by atoms with Crippen molar-refractivity contribution in [2.24, 2.45) is 0 Å². The van der Waals surface area contributed by atoms with Crippen molar-refractivity contribution in [1.29, 1.82) is 0 Å². The van der Waals surface area contributed by atoms with Crippen LogP contribution in [0.3, 0.4) is 0 Å². The highest BCUT2D eigenvalue weighted by atomic mass is 16.7. The summed E-state index contributed by atoms with van der Waals surface area (Å²) < 4.78 is 0. The van der Waals surface area contributed by atoms with E-state index in [1.807, 2.05) is 0 Å². The Labute approximate surface area is 56.9 Å². The molecule has 0 unspecified atom stereocenters. The molecule has 0 saturated heterocycles. The summed E-state index contributed by atoms with van der Waals surface area (Å²) in [5, 5.41) is 35.2. The van der Waals surface area contributed by atoms with Gasteiger partial charge in [-0.2, -0.15) is 0 Å². The van der Waals surface area contributed by atoms with Crippen LogP contribution in [-0.4, -0.2) is 45.6 Å². The van der Waals surface area contributed by atoms with E-state index in [0.29, 0.717) is 0 Å². The predicted octanol–water partition coefficient (Wildman–Crippen LogP) is -2.02. The smallest absolute Gasteiger partial charge is 0.289 e. The lowest BCUT2D eigenvalue weighted by Gasteiger charge is -2.16. The molecule has 0 aliphatic rings. The Morgan fingerprint density at radius 2 is 1.50 bits per heavy atom. The lowest BCUT2D eigenvalue weighted by atomic mass is 10.5. The van der Waals surface area contributed by atoms with E-state index in [4.69, 9.17) is 15.3 Å². The molecule has 0 aromatic carbocycles. The molecule has 0 rings (SSSR count). The van der Waals surface area contributed by atoms with E-state index < -0.39 is 30.3 Å². The lowest BCUT2D eigenvalue weighted by Crippen LogP contribution is -2.49. The highest BCUT2D eigenvalue weighted by Crippen LogP contribution is 2.05. The first-order chi connectivity index (χ1) is 4.63. The first-order valence-electron chi connectivity index (χ1n) is 2.60. The van der Waals surface area contributed by atoms with Gasteiger partial charge < -0.3 is 15.3 Å². The number of hydrogen-bond donors (Lipinski definition) is 3. The minimum Gasteiger partial charge on any atom is -0.389 e. The van der Waals surface area contributed by atoms with Crippen molar-refractivity contribution < 1.29 is 20.2 Å². The van der Waals surface area contributed by atoms with Gasteiger partial charge in [-0.25, -0.2) is 0 Å². The molecule has 60 valence electrons. The van der Waals surface area contributed by atoms with Crippen LogP contribution in [0.5, 0.6) is 0 Å². The predicted molar refractivity (Wildman–Crippen MR) is 31.0 cm³/mol. The van der Waals surface area contributed by atoms with E-state index in [9.17, 15) is 10.1 Å². The van der Waals surface area contributed by atoms with Gasteiger partial charge >= 0.3 is 0 Å². The summed E-state index contributed by atoms with van der Waals surface area (Å²) >= 11 is 0. The fraction of sp³-hybridized carbons (Fsp3) is 1.00. The summed E-state index contributed by atoms with van der Waals surface area (Å²) in [6.07, 6.45) is 0. The van der Waals surface area contributed by atoms with Gasteiger partial charge in [0.05, 0.1) is 0 Å². The number of rotatable bonds is 4. The molecule has 0 atom stereocenters. The lowest BCUT2D eigenvalue weighted by molar-refractivity contribution is -0.580. The van der Waals surface area contributed by atoms with E-state index in [1.165, 1.54) is 0 Å². The standard InChI is InChI=1S/C4H9NO5/c6-1-4(2-7,3-8)5(9)10/h6-8H,1-3H2/i4+1. The third-order valence-electron chi connectivity index (χ3n) is 1.27. The first kappa shape index (κ1) is 9.28. The zero-order valence-corrected chi connectivity index (χ0v) is 5.23. The van der Waals surface area contributed by atoms with Crippen LogP contribution in [-0.2, 0) is 0 Å². The van der Waals surface area contributed by atoms with Crippen molar-refractivity contribution in [2.45, 2.75) is 5.54 Å². The summed E-state index contributed by atoms with van der Waals surface area (Å²) in [4.78, 5) is 9.14. The molecule has 0 aromatic rings. The van der Waals surface area contributed by atoms with Gasteiger partial charge in [0.15, 0.2) is 0 Å². The van der Waals surface area contributed by atoms with Crippen molar-refractivity contribution in [1.82, 2.24) is 0 Å². The second kappa shape index (κ2) is 3.45. The number of aliphatic hydroxyl groups excluding tert-OH is 3. The van der Waals surface area contributed by atoms with Crippen LogP contribution in [0.25, 0.3) is 0 Å². The Hall–Kier alpha value is -0.720. The van der Waals surface area contributed by atoms with Gasteiger partial charge in [-0.1, -0.05) is 0 Å². The molecular weight excluding hydrogens is 143 g/mol. The fourth-order valence-electron chi connectivity index (χ4n) is 0.323. The number of hydrogen-bond acceptors (Lipinski definition) is 5. The van der Waals surface area contributed by atoms with Crippen LogP contribution in [0, 0.1) is 10.1 Å². The molecular formula is C4H9NO5. The van der Waals surface area contributed by atoms with Crippen molar-refractivity contribution in [2.75, 3.05) is 19.8 Å². The van der Waals surface area contributed by atoms with Crippen LogP contribution < -0.4 is 0 Å². The summed E-state index contributed by atoms with van der Waals surface area (Å²) in [7, 11) is 0. The normalized spacial score (nSPS) is 11.5. The molecule has 0 fully saturated rings. The van der Waals surface area contributed by atoms with E-state index in [-0.39, 0.29) is 0 Å². The van der Waals surface area contributed by atoms with Crippen LogP contribution >= 0.6 is 0 Å². The second-order valence-electron chi connectivity index (χ2n) is 1.96. The molecule has 6 heteroatoms. The summed E-state index contributed by atoms with van der Waals surface area (Å²) in [5.74, 6) is 0. The Kier molecular flexibility index (Phi) is 3.20. The van der Waals surface area contributed by atoms with Gasteiger partial charge in [0.25, 0.3) is 5.54 Å². The minimum absolute atomic E-state index is 0.868. The van der Waals surface area contributed by atoms with E-state index >= 15 is 0 Å². The van der Waals surface area contributed by atoms with Crippen LogP contribution in [0.2, 0.25) is 0 Å². The molecule has 0 heterocycles. The monoisotopic (exact) mass is 152 g/mol. The number of aliphatic hydroxyl groups is 3. The highest BCUT2D eigenvalue weighted by Gasteiger charge is 2.41. The van der Waals surface area contributed by atoms with Gasteiger partial charge in [0, 0.05) is 4.92 Å². The Morgan fingerprint density at radius 3 is 1.50 bits per heavy atom. The fourth-order valence-corrected chi connectivity index (χ4v) is 0.323. The molecule has 0 spiro atoms. The second-order valence-corrected chi connectivity index (χ2v) is 1.96. The zero-order chi connectivity index (χ0) is 8.20. The van der Waals surface area contributed by atoms with Crippen molar-refractivity contribution in [3.63, 3.8) is 0 Å². The minimum atomic E-state index is -1.99. The third kappa shape index (κ3) is 1.41. The van der Waals surface area contributed by atoms with Gasteiger partial charge in [0.2, 0.25) is 0 Å². The Bertz CT molecular complexity index is 113. The maximum absolute atomic E-state index is 10.0. The van der Waals surface area contributed by atoms with E-state index in [1.54, 1.807) is 0 Å². The first-order valence-corrected chi connectivity index (χ1v) is 2.60. The molecule has 0 aliphatic heterocycles. The van der Waals surface area contributed by atoms with Crippen LogP contribution in [0.15, 0.2) is 0 Å². The third-order valence-corrected chi connectivity index (χ3v) is 1.27. The SMILES string of the molecule is O=[N+]([O-])[13C](CO)(CO)CO. The van der Waals surface area contributed by atoms with Crippen LogP contribution in [0.1, 0.15) is 0 Å². The molecule has 0 aromatic heterocycles. The molecule has 6 nitrogen and oxygen atoms in total. The maximum atomic E-state index is 10.0. The average Bonchev–Trinajstić information content (AvgIpc) is 1.92. The molecule has 0 aliphatic carbocycles. The van der Waals surface area contributed by atoms with Crippen molar-refractivity contribution in [3.05, 3.63) is 10.1 Å². The highest BCUT2D eigenvalue weighted by molar-refractivity contribution is 4.75. The molecule has 10 heavy (non-hydrogen) atoms. The molecule has 0 bridgehead atoms. The van der Waals surface area contributed by atoms with Gasteiger partial charge in [-0.05, 0) is 0 Å². The number of nitrogens with zero attached hydrogens (tertiary/aromatic N) is 1. The largest absolute Gasteiger partial charge is 0.389 e. The quantitative estimate of drug-likeness (QED) is 0.245. The van der Waals surface area contributed by atoms with Gasteiger partial charge in [0.1, 0.15) is 19.8 Å². The summed E-state index contributed by atoms with van der Waals surface area (Å²) in [5.41, 5.74) is -1.99.